The van der Waals surface area contributed by atoms with Crippen LogP contribution in [0.25, 0.3) is 0 Å². The summed E-state index contributed by atoms with van der Waals surface area (Å²) >= 11 is 6.76. The highest BCUT2D eigenvalue weighted by Crippen LogP contribution is 2.29. The van der Waals surface area contributed by atoms with E-state index in [1.807, 2.05) is 17.0 Å². The zero-order chi connectivity index (χ0) is 13.8. The van der Waals surface area contributed by atoms with Gasteiger partial charge >= 0.3 is 0 Å². The Morgan fingerprint density at radius 3 is 2.37 bits per heavy atom. The Morgan fingerprint density at radius 2 is 1.79 bits per heavy atom. The molecule has 1 heterocycles. The van der Waals surface area contributed by atoms with Crippen LogP contribution in [0.1, 0.15) is 0 Å². The van der Waals surface area contributed by atoms with Gasteiger partial charge in [0, 0.05) is 29.7 Å². The number of ether oxygens (including phenoxy) is 1. The van der Waals surface area contributed by atoms with Crippen LogP contribution < -0.4 is 10.1 Å². The second kappa shape index (κ2) is 7.59. The number of carbonyl (C=O) groups excluding carboxylic acids is 1. The molecule has 1 aromatic rings. The first-order chi connectivity index (χ1) is 9.08. The molecule has 1 saturated heterocycles. The number of amides is 1. The van der Waals surface area contributed by atoms with Crippen LogP contribution in [0.15, 0.2) is 12.1 Å². The number of nitrogens with zero attached hydrogens (tertiary/aromatic N) is 1. The number of piperazine rings is 1. The van der Waals surface area contributed by atoms with Crippen LogP contribution in [0.3, 0.4) is 0 Å². The van der Waals surface area contributed by atoms with Crippen LogP contribution in [0.2, 0.25) is 0 Å². The molecule has 0 spiro atoms. The van der Waals surface area contributed by atoms with Crippen LogP contribution in [0.4, 0.5) is 0 Å². The van der Waals surface area contributed by atoms with Crippen LogP contribution in [-0.4, -0.2) is 43.6 Å². The van der Waals surface area contributed by atoms with Crippen molar-refractivity contribution < 1.29 is 9.53 Å². The minimum atomic E-state index is 0.0617. The molecule has 1 aliphatic heterocycles. The lowest BCUT2D eigenvalue weighted by Gasteiger charge is -2.27. The number of hydrogen-bond donors (Lipinski definition) is 1. The number of rotatable bonds is 3. The summed E-state index contributed by atoms with van der Waals surface area (Å²) in [7, 11) is 0. The molecular weight excluding hydrogens is 585 g/mol. The second-order valence-electron chi connectivity index (χ2n) is 4.12. The Balaban J connectivity index is 1.96. The SMILES string of the molecule is O=C(COc1c(I)cc(I)cc1I)N1CCNCC1. The number of carbonyl (C=O) groups is 1. The van der Waals surface area contributed by atoms with E-state index in [1.54, 1.807) is 0 Å². The fourth-order valence-corrected chi connectivity index (χ4v) is 5.70. The number of hydrogen-bond acceptors (Lipinski definition) is 3. The molecule has 1 amide bonds. The topological polar surface area (TPSA) is 41.6 Å². The number of nitrogens with one attached hydrogen (secondary N) is 1. The molecule has 0 saturated carbocycles. The summed E-state index contributed by atoms with van der Waals surface area (Å²) in [5.41, 5.74) is 0. The molecule has 0 aliphatic carbocycles. The lowest BCUT2D eigenvalue weighted by molar-refractivity contribution is -0.133. The first kappa shape index (κ1) is 16.0. The fourth-order valence-electron chi connectivity index (χ4n) is 1.81. The highest BCUT2D eigenvalue weighted by molar-refractivity contribution is 14.1. The third kappa shape index (κ3) is 4.56. The quantitative estimate of drug-likeness (QED) is 0.544. The average Bonchev–Trinajstić information content (AvgIpc) is 2.38. The van der Waals surface area contributed by atoms with Crippen LogP contribution >= 0.6 is 67.8 Å². The van der Waals surface area contributed by atoms with Crippen LogP contribution in [-0.2, 0) is 4.79 Å². The van der Waals surface area contributed by atoms with Crippen molar-refractivity contribution in [3.63, 3.8) is 0 Å². The summed E-state index contributed by atoms with van der Waals surface area (Å²) in [5, 5.41) is 3.23. The third-order valence-electron chi connectivity index (χ3n) is 2.77. The molecule has 1 fully saturated rings. The Morgan fingerprint density at radius 1 is 1.21 bits per heavy atom. The van der Waals surface area contributed by atoms with E-state index in [0.717, 1.165) is 39.1 Å². The van der Waals surface area contributed by atoms with Crippen molar-refractivity contribution in [1.82, 2.24) is 10.2 Å². The molecule has 2 rings (SSSR count). The van der Waals surface area contributed by atoms with E-state index in [2.05, 4.69) is 73.1 Å². The molecule has 0 radical (unpaired) electrons. The zero-order valence-electron chi connectivity index (χ0n) is 10.1. The molecule has 7 heteroatoms. The fraction of sp³-hybridized carbons (Fsp3) is 0.417. The lowest BCUT2D eigenvalue weighted by Crippen LogP contribution is -2.48. The van der Waals surface area contributed by atoms with Crippen molar-refractivity contribution in [1.29, 1.82) is 0 Å². The summed E-state index contributed by atoms with van der Waals surface area (Å²) < 4.78 is 8.97. The van der Waals surface area contributed by atoms with E-state index in [-0.39, 0.29) is 12.5 Å². The first-order valence-electron chi connectivity index (χ1n) is 5.84. The summed E-state index contributed by atoms with van der Waals surface area (Å²) in [6.45, 7) is 3.38. The Hall–Kier alpha value is 0.640. The molecule has 19 heavy (non-hydrogen) atoms. The standard InChI is InChI=1S/C12H13I3N2O2/c13-8-5-9(14)12(10(15)6-8)19-7-11(18)17-3-1-16-2-4-17/h5-6,16H,1-4,7H2. The first-order valence-corrected chi connectivity index (χ1v) is 9.07. The monoisotopic (exact) mass is 598 g/mol. The zero-order valence-corrected chi connectivity index (χ0v) is 16.6. The van der Waals surface area contributed by atoms with E-state index >= 15 is 0 Å². The van der Waals surface area contributed by atoms with E-state index in [9.17, 15) is 4.79 Å². The lowest BCUT2D eigenvalue weighted by atomic mass is 10.3. The molecule has 1 aromatic carbocycles. The van der Waals surface area contributed by atoms with E-state index < -0.39 is 0 Å². The van der Waals surface area contributed by atoms with Crippen molar-refractivity contribution in [3.05, 3.63) is 22.8 Å². The van der Waals surface area contributed by atoms with Gasteiger partial charge in [-0.1, -0.05) is 0 Å². The van der Waals surface area contributed by atoms with Crippen LogP contribution in [0.5, 0.6) is 5.75 Å². The molecular formula is C12H13I3N2O2. The van der Waals surface area contributed by atoms with Crippen molar-refractivity contribution in [2.75, 3.05) is 32.8 Å². The highest BCUT2D eigenvalue weighted by atomic mass is 127. The Bertz CT molecular complexity index is 453. The van der Waals surface area contributed by atoms with Gasteiger partial charge in [-0.2, -0.15) is 0 Å². The molecule has 0 aromatic heterocycles. The molecule has 1 aliphatic rings. The third-order valence-corrected chi connectivity index (χ3v) is 5.00. The number of halogens is 3. The van der Waals surface area contributed by atoms with Gasteiger partial charge in [-0.15, -0.1) is 0 Å². The summed E-state index contributed by atoms with van der Waals surface area (Å²) in [4.78, 5) is 13.9. The van der Waals surface area contributed by atoms with E-state index in [4.69, 9.17) is 4.74 Å². The molecule has 0 atom stereocenters. The minimum Gasteiger partial charge on any atom is -0.482 e. The largest absolute Gasteiger partial charge is 0.482 e. The van der Waals surface area contributed by atoms with Crippen molar-refractivity contribution >= 4 is 73.7 Å². The summed E-state index contributed by atoms with van der Waals surface area (Å²) in [6, 6.07) is 4.10. The molecule has 0 bridgehead atoms. The van der Waals surface area contributed by atoms with Gasteiger partial charge in [0.25, 0.3) is 5.91 Å². The second-order valence-corrected chi connectivity index (χ2v) is 7.69. The molecule has 0 unspecified atom stereocenters. The van der Waals surface area contributed by atoms with Crippen molar-refractivity contribution in [2.45, 2.75) is 0 Å². The molecule has 4 nitrogen and oxygen atoms in total. The van der Waals surface area contributed by atoms with Gasteiger partial charge < -0.3 is 15.0 Å². The Labute approximate surface area is 153 Å². The molecule has 1 N–H and O–H groups in total. The predicted molar refractivity (Wildman–Crippen MR) is 99.5 cm³/mol. The maximum atomic E-state index is 12.0. The predicted octanol–water partition coefficient (Wildman–Crippen LogP) is 2.31. The van der Waals surface area contributed by atoms with E-state index in [0.29, 0.717) is 0 Å². The highest BCUT2D eigenvalue weighted by Gasteiger charge is 2.17. The van der Waals surface area contributed by atoms with Gasteiger partial charge in [0.05, 0.1) is 7.14 Å². The summed E-state index contributed by atoms with van der Waals surface area (Å²) in [6.07, 6.45) is 0. The maximum Gasteiger partial charge on any atom is 0.260 e. The van der Waals surface area contributed by atoms with Gasteiger partial charge in [-0.25, -0.2) is 0 Å². The van der Waals surface area contributed by atoms with Gasteiger partial charge in [-0.3, -0.25) is 4.79 Å². The minimum absolute atomic E-state index is 0.0617. The summed E-state index contributed by atoms with van der Waals surface area (Å²) in [5.74, 6) is 0.872. The van der Waals surface area contributed by atoms with Gasteiger partial charge in [0.2, 0.25) is 0 Å². The number of benzene rings is 1. The van der Waals surface area contributed by atoms with Gasteiger partial charge in [0.1, 0.15) is 5.75 Å². The van der Waals surface area contributed by atoms with Crippen molar-refractivity contribution in [3.8, 4) is 5.75 Å². The smallest absolute Gasteiger partial charge is 0.260 e. The van der Waals surface area contributed by atoms with Crippen molar-refractivity contribution in [2.24, 2.45) is 0 Å². The molecule has 104 valence electrons. The van der Waals surface area contributed by atoms with E-state index in [1.165, 1.54) is 3.57 Å². The maximum absolute atomic E-state index is 12.0. The average molecular weight is 598 g/mol. The Kier molecular flexibility index (Phi) is 6.40. The van der Waals surface area contributed by atoms with Crippen LogP contribution in [0, 0.1) is 10.7 Å². The van der Waals surface area contributed by atoms with Gasteiger partial charge in [-0.05, 0) is 79.9 Å². The van der Waals surface area contributed by atoms with Gasteiger partial charge in [0.15, 0.2) is 6.61 Å². The normalized spacial score (nSPS) is 15.4.